The van der Waals surface area contributed by atoms with Gasteiger partial charge in [-0.05, 0) is 80.9 Å². The van der Waals surface area contributed by atoms with Gasteiger partial charge in [0.15, 0.2) is 9.84 Å². The minimum atomic E-state index is -3.33. The Bertz CT molecular complexity index is 1140. The Balaban J connectivity index is 1.25. The van der Waals surface area contributed by atoms with E-state index >= 15 is 0 Å². The third kappa shape index (κ3) is 6.85. The van der Waals surface area contributed by atoms with Crippen LogP contribution in [0.4, 0.5) is 5.69 Å². The normalized spacial score (nSPS) is 17.6. The average molecular weight is 514 g/mol. The van der Waals surface area contributed by atoms with E-state index in [-0.39, 0.29) is 23.3 Å². The smallest absolute Gasteiger partial charge is 0.254 e. The first-order valence-electron chi connectivity index (χ1n) is 12.7. The quantitative estimate of drug-likeness (QED) is 0.504. The molecule has 2 amide bonds. The predicted octanol–water partition coefficient (Wildman–Crippen LogP) is 3.22. The molecule has 4 rings (SSSR count). The van der Waals surface area contributed by atoms with Crippen LogP contribution in [0.3, 0.4) is 0 Å². The fraction of sp³-hybridized carbons (Fsp3) is 0.481. The van der Waals surface area contributed by atoms with E-state index in [1.165, 1.54) is 67.9 Å². The van der Waals surface area contributed by atoms with E-state index in [2.05, 4.69) is 4.90 Å². The zero-order valence-electron chi connectivity index (χ0n) is 20.9. The summed E-state index contributed by atoms with van der Waals surface area (Å²) in [6.07, 6.45) is 7.39. The summed E-state index contributed by atoms with van der Waals surface area (Å²) in [5.41, 5.74) is 1.14. The monoisotopic (exact) mass is 513 g/mol. The van der Waals surface area contributed by atoms with Crippen LogP contribution in [-0.2, 0) is 14.6 Å². The number of piperazine rings is 1. The van der Waals surface area contributed by atoms with Gasteiger partial charge in [0.1, 0.15) is 12.3 Å². The molecule has 2 heterocycles. The van der Waals surface area contributed by atoms with Crippen molar-refractivity contribution in [1.29, 1.82) is 0 Å². The maximum atomic E-state index is 12.8. The van der Waals surface area contributed by atoms with Crippen molar-refractivity contribution < 1.29 is 22.7 Å². The van der Waals surface area contributed by atoms with Crippen molar-refractivity contribution in [3.05, 3.63) is 54.1 Å². The third-order valence-corrected chi connectivity index (χ3v) is 7.90. The van der Waals surface area contributed by atoms with Gasteiger partial charge in [-0.1, -0.05) is 12.8 Å². The summed E-state index contributed by atoms with van der Waals surface area (Å²) in [5.74, 6) is 0.342. The van der Waals surface area contributed by atoms with Gasteiger partial charge in [-0.3, -0.25) is 9.59 Å². The number of carbonyl (C=O) groups excluding carboxylic acids is 2. The Morgan fingerprint density at radius 1 is 0.889 bits per heavy atom. The number of carbonyl (C=O) groups is 2. The third-order valence-electron chi connectivity index (χ3n) is 6.77. The number of likely N-dealkylation sites (tertiary alicyclic amines) is 1. The van der Waals surface area contributed by atoms with Crippen molar-refractivity contribution in [3.63, 3.8) is 0 Å². The number of ether oxygens (including phenoxy) is 1. The molecule has 2 saturated heterocycles. The molecule has 0 atom stereocenters. The summed E-state index contributed by atoms with van der Waals surface area (Å²) in [5, 5.41) is 0. The standard InChI is InChI=1S/C27H35N3O5S/c1-36(33,34)25-13-7-22(8-14-25)27(32)29-18-19-30(26(31)21-29)23-9-11-24(12-10-23)35-20-6-17-28-15-4-2-3-5-16-28/h7-14H,2-6,15-21H2,1H3. The van der Waals surface area contributed by atoms with E-state index in [9.17, 15) is 18.0 Å². The van der Waals surface area contributed by atoms with Crippen molar-refractivity contribution in [2.75, 3.05) is 57.0 Å². The van der Waals surface area contributed by atoms with Gasteiger partial charge in [0.2, 0.25) is 5.91 Å². The van der Waals surface area contributed by atoms with Crippen LogP contribution in [0, 0.1) is 0 Å². The van der Waals surface area contributed by atoms with Crippen molar-refractivity contribution >= 4 is 27.3 Å². The fourth-order valence-corrected chi connectivity index (χ4v) is 5.34. The van der Waals surface area contributed by atoms with Crippen LogP contribution < -0.4 is 9.64 Å². The lowest BCUT2D eigenvalue weighted by molar-refractivity contribution is -0.120. The Kier molecular flexibility index (Phi) is 8.64. The zero-order chi connectivity index (χ0) is 25.5. The second-order valence-electron chi connectivity index (χ2n) is 9.52. The molecule has 2 aromatic rings. The maximum absolute atomic E-state index is 12.8. The van der Waals surface area contributed by atoms with E-state index in [4.69, 9.17) is 4.74 Å². The lowest BCUT2D eigenvalue weighted by Crippen LogP contribution is -2.52. The molecule has 8 nitrogen and oxygen atoms in total. The number of amides is 2. The van der Waals surface area contributed by atoms with Crippen LogP contribution >= 0.6 is 0 Å². The predicted molar refractivity (Wildman–Crippen MR) is 139 cm³/mol. The Morgan fingerprint density at radius 2 is 1.56 bits per heavy atom. The van der Waals surface area contributed by atoms with Crippen LogP contribution in [-0.4, -0.2) is 82.2 Å². The first-order valence-corrected chi connectivity index (χ1v) is 14.6. The second kappa shape index (κ2) is 11.9. The highest BCUT2D eigenvalue weighted by molar-refractivity contribution is 7.90. The van der Waals surface area contributed by atoms with E-state index in [0.29, 0.717) is 25.3 Å². The topological polar surface area (TPSA) is 87.2 Å². The number of hydrogen-bond donors (Lipinski definition) is 0. The Morgan fingerprint density at radius 3 is 2.17 bits per heavy atom. The van der Waals surface area contributed by atoms with E-state index < -0.39 is 9.84 Å². The summed E-state index contributed by atoms with van der Waals surface area (Å²) >= 11 is 0. The molecule has 9 heteroatoms. The Labute approximate surface area is 213 Å². The fourth-order valence-electron chi connectivity index (χ4n) is 4.71. The molecule has 0 radical (unpaired) electrons. The molecule has 2 aromatic carbocycles. The molecule has 194 valence electrons. The number of benzene rings is 2. The van der Waals surface area contributed by atoms with Crippen LogP contribution in [0.5, 0.6) is 5.75 Å². The highest BCUT2D eigenvalue weighted by Crippen LogP contribution is 2.22. The molecule has 0 unspecified atom stereocenters. The van der Waals surface area contributed by atoms with E-state index in [0.717, 1.165) is 30.7 Å². The second-order valence-corrected chi connectivity index (χ2v) is 11.5. The number of rotatable bonds is 8. The number of anilines is 1. The summed E-state index contributed by atoms with van der Waals surface area (Å²) < 4.78 is 29.2. The first kappa shape index (κ1) is 26.2. The lowest BCUT2D eigenvalue weighted by Gasteiger charge is -2.34. The summed E-state index contributed by atoms with van der Waals surface area (Å²) in [6.45, 7) is 4.88. The van der Waals surface area contributed by atoms with Crippen LogP contribution in [0.25, 0.3) is 0 Å². The van der Waals surface area contributed by atoms with Gasteiger partial charge in [0.25, 0.3) is 5.91 Å². The first-order chi connectivity index (χ1) is 17.3. The van der Waals surface area contributed by atoms with E-state index in [1.54, 1.807) is 4.90 Å². The van der Waals surface area contributed by atoms with Gasteiger partial charge in [-0.25, -0.2) is 8.42 Å². The SMILES string of the molecule is CS(=O)(=O)c1ccc(C(=O)N2CCN(c3ccc(OCCCN4CCCCCC4)cc3)C(=O)C2)cc1. The van der Waals surface area contributed by atoms with Gasteiger partial charge in [0.05, 0.1) is 11.5 Å². The lowest BCUT2D eigenvalue weighted by atomic mass is 10.1. The molecule has 0 bridgehead atoms. The van der Waals surface area contributed by atoms with E-state index in [1.807, 2.05) is 24.3 Å². The van der Waals surface area contributed by atoms with Crippen LogP contribution in [0.1, 0.15) is 42.5 Å². The van der Waals surface area contributed by atoms with Crippen molar-refractivity contribution in [3.8, 4) is 5.75 Å². The largest absolute Gasteiger partial charge is 0.494 e. The van der Waals surface area contributed by atoms with Gasteiger partial charge < -0.3 is 19.4 Å². The van der Waals surface area contributed by atoms with Crippen molar-refractivity contribution in [2.24, 2.45) is 0 Å². The molecule has 2 aliphatic rings. The van der Waals surface area contributed by atoms with Gasteiger partial charge in [0, 0.05) is 37.1 Å². The minimum Gasteiger partial charge on any atom is -0.494 e. The number of nitrogens with zero attached hydrogens (tertiary/aromatic N) is 3. The minimum absolute atomic E-state index is 0.0264. The molecule has 2 fully saturated rings. The molecule has 0 N–H and O–H groups in total. The molecule has 2 aliphatic heterocycles. The highest BCUT2D eigenvalue weighted by atomic mass is 32.2. The summed E-state index contributed by atoms with van der Waals surface area (Å²) in [4.78, 5) is 31.5. The van der Waals surface area contributed by atoms with Crippen LogP contribution in [0.2, 0.25) is 0 Å². The molecule has 0 aliphatic carbocycles. The summed E-state index contributed by atoms with van der Waals surface area (Å²) in [6, 6.07) is 13.3. The number of hydrogen-bond acceptors (Lipinski definition) is 6. The molecular weight excluding hydrogens is 478 g/mol. The van der Waals surface area contributed by atoms with Crippen molar-refractivity contribution in [1.82, 2.24) is 9.80 Å². The zero-order valence-corrected chi connectivity index (χ0v) is 21.7. The molecule has 0 aromatic heterocycles. The molecule has 36 heavy (non-hydrogen) atoms. The van der Waals surface area contributed by atoms with Gasteiger partial charge in [-0.15, -0.1) is 0 Å². The van der Waals surface area contributed by atoms with Crippen LogP contribution in [0.15, 0.2) is 53.4 Å². The molecule has 0 spiro atoms. The number of sulfone groups is 1. The molecule has 0 saturated carbocycles. The molecular formula is C27H35N3O5S. The summed E-state index contributed by atoms with van der Waals surface area (Å²) in [7, 11) is -3.33. The highest BCUT2D eigenvalue weighted by Gasteiger charge is 2.28. The van der Waals surface area contributed by atoms with Gasteiger partial charge in [-0.2, -0.15) is 0 Å². The average Bonchev–Trinajstić information content (AvgIpc) is 3.15. The van der Waals surface area contributed by atoms with Gasteiger partial charge >= 0.3 is 0 Å². The Hall–Kier alpha value is -2.91. The van der Waals surface area contributed by atoms with Crippen molar-refractivity contribution in [2.45, 2.75) is 37.0 Å². The maximum Gasteiger partial charge on any atom is 0.254 e.